The molecule has 0 spiro atoms. The lowest BCUT2D eigenvalue weighted by Crippen LogP contribution is -2.30. The van der Waals surface area contributed by atoms with Crippen molar-refractivity contribution in [1.82, 2.24) is 19.1 Å². The topological polar surface area (TPSA) is 72.7 Å². The summed E-state index contributed by atoms with van der Waals surface area (Å²) in [6.45, 7) is 4.44. The van der Waals surface area contributed by atoms with E-state index in [4.69, 9.17) is 0 Å². The number of H-pyrrole nitrogens is 1. The molecule has 1 fully saturated rings. The molecule has 0 aliphatic heterocycles. The van der Waals surface area contributed by atoms with Crippen molar-refractivity contribution >= 4 is 11.2 Å². The number of rotatable bonds is 2. The van der Waals surface area contributed by atoms with Gasteiger partial charge in [0, 0.05) is 13.1 Å². The first kappa shape index (κ1) is 14.1. The second kappa shape index (κ2) is 5.16. The van der Waals surface area contributed by atoms with Gasteiger partial charge in [-0.05, 0) is 31.6 Å². The fourth-order valence-corrected chi connectivity index (χ4v) is 3.46. The summed E-state index contributed by atoms with van der Waals surface area (Å²) >= 11 is 0. The van der Waals surface area contributed by atoms with Crippen LogP contribution in [0.1, 0.15) is 45.6 Å². The molecule has 3 rings (SSSR count). The van der Waals surface area contributed by atoms with Crippen molar-refractivity contribution in [3.63, 3.8) is 0 Å². The number of nitrogens with zero attached hydrogens (tertiary/aromatic N) is 3. The van der Waals surface area contributed by atoms with E-state index in [1.165, 1.54) is 30.3 Å². The molecule has 6 nitrogen and oxygen atoms in total. The highest BCUT2D eigenvalue weighted by Gasteiger charge is 2.26. The third-order valence-corrected chi connectivity index (χ3v) is 5.01. The van der Waals surface area contributed by atoms with Crippen molar-refractivity contribution in [2.24, 2.45) is 18.9 Å². The fourth-order valence-electron chi connectivity index (χ4n) is 3.46. The van der Waals surface area contributed by atoms with Gasteiger partial charge in [0.2, 0.25) is 0 Å². The van der Waals surface area contributed by atoms with Crippen molar-refractivity contribution in [3.05, 3.63) is 27.2 Å². The Kier molecular flexibility index (Phi) is 3.47. The van der Waals surface area contributed by atoms with Gasteiger partial charge in [0.05, 0.1) is 6.33 Å². The van der Waals surface area contributed by atoms with Crippen LogP contribution >= 0.6 is 0 Å². The van der Waals surface area contributed by atoms with Crippen molar-refractivity contribution < 1.29 is 0 Å². The second-order valence-electron chi connectivity index (χ2n) is 6.40. The fraction of sp³-hybridized carbons (Fsp3) is 0.667. The van der Waals surface area contributed by atoms with E-state index in [1.54, 1.807) is 13.4 Å². The van der Waals surface area contributed by atoms with Crippen molar-refractivity contribution in [1.29, 1.82) is 0 Å². The molecule has 21 heavy (non-hydrogen) atoms. The minimum Gasteiger partial charge on any atom is -0.322 e. The monoisotopic (exact) mass is 290 g/mol. The summed E-state index contributed by atoms with van der Waals surface area (Å²) in [5, 5.41) is 0. The first-order chi connectivity index (χ1) is 9.99. The molecule has 1 atom stereocenters. The van der Waals surface area contributed by atoms with Crippen molar-refractivity contribution in [2.45, 2.75) is 45.6 Å². The Morgan fingerprint density at radius 1 is 1.29 bits per heavy atom. The number of nitrogens with one attached hydrogen (secondary N) is 1. The molecule has 2 heterocycles. The molecule has 0 bridgehead atoms. The molecule has 1 N–H and O–H groups in total. The summed E-state index contributed by atoms with van der Waals surface area (Å²) < 4.78 is 3.33. The molecule has 0 radical (unpaired) electrons. The van der Waals surface area contributed by atoms with Crippen molar-refractivity contribution in [3.8, 4) is 0 Å². The van der Waals surface area contributed by atoms with E-state index in [1.807, 2.05) is 4.57 Å². The lowest BCUT2D eigenvalue weighted by atomic mass is 9.79. The van der Waals surface area contributed by atoms with Gasteiger partial charge in [0.1, 0.15) is 0 Å². The number of aromatic nitrogens is 4. The predicted molar refractivity (Wildman–Crippen MR) is 81.4 cm³/mol. The van der Waals surface area contributed by atoms with E-state index in [2.05, 4.69) is 23.8 Å². The SMILES string of the molecule is CC1CCC(C(C)n2cnc3c2c(=O)[nH]c(=O)n3C)CC1. The van der Waals surface area contributed by atoms with E-state index >= 15 is 0 Å². The van der Waals surface area contributed by atoms with E-state index in [-0.39, 0.29) is 11.6 Å². The highest BCUT2D eigenvalue weighted by Crippen LogP contribution is 2.35. The Labute approximate surface area is 122 Å². The maximum atomic E-state index is 12.1. The molecular formula is C15H22N4O2. The molecule has 2 aromatic heterocycles. The molecular weight excluding hydrogens is 268 g/mol. The maximum Gasteiger partial charge on any atom is 0.329 e. The van der Waals surface area contributed by atoms with Gasteiger partial charge >= 0.3 is 5.69 Å². The van der Waals surface area contributed by atoms with Crippen LogP contribution in [-0.4, -0.2) is 19.1 Å². The smallest absolute Gasteiger partial charge is 0.322 e. The molecule has 2 aromatic rings. The van der Waals surface area contributed by atoms with Gasteiger partial charge in [-0.3, -0.25) is 14.3 Å². The molecule has 114 valence electrons. The van der Waals surface area contributed by atoms with Crippen molar-refractivity contribution in [2.75, 3.05) is 0 Å². The van der Waals surface area contributed by atoms with Crippen LogP contribution in [0.15, 0.2) is 15.9 Å². The molecule has 1 saturated carbocycles. The molecule has 1 aliphatic carbocycles. The lowest BCUT2D eigenvalue weighted by molar-refractivity contribution is 0.227. The Morgan fingerprint density at radius 2 is 1.95 bits per heavy atom. The summed E-state index contributed by atoms with van der Waals surface area (Å²) in [6, 6.07) is 0.223. The van der Waals surface area contributed by atoms with Crippen LogP contribution in [0.25, 0.3) is 11.2 Å². The normalized spacial score (nSPS) is 24.3. The third kappa shape index (κ3) is 2.32. The predicted octanol–water partition coefficient (Wildman–Crippen LogP) is 1.81. The quantitative estimate of drug-likeness (QED) is 0.916. The Bertz CT molecular complexity index is 762. The summed E-state index contributed by atoms with van der Waals surface area (Å²) in [5.41, 5.74) is 0.196. The minimum absolute atomic E-state index is 0.223. The molecule has 0 aromatic carbocycles. The van der Waals surface area contributed by atoms with Crippen LogP contribution in [0.5, 0.6) is 0 Å². The number of aromatic amines is 1. The first-order valence-electron chi connectivity index (χ1n) is 7.65. The molecule has 1 unspecified atom stereocenters. The van der Waals surface area contributed by atoms with Crippen LogP contribution < -0.4 is 11.2 Å². The van der Waals surface area contributed by atoms with E-state index in [9.17, 15) is 9.59 Å². The molecule has 6 heteroatoms. The molecule has 0 amide bonds. The second-order valence-corrected chi connectivity index (χ2v) is 6.40. The Balaban J connectivity index is 2.03. The van der Waals surface area contributed by atoms with E-state index in [0.717, 1.165) is 5.92 Å². The van der Waals surface area contributed by atoms with Gasteiger partial charge < -0.3 is 4.57 Å². The van der Waals surface area contributed by atoms with E-state index in [0.29, 0.717) is 17.1 Å². The standard InChI is InChI=1S/C15H22N4O2/c1-9-4-6-11(7-5-9)10(2)19-8-16-13-12(19)14(20)17-15(21)18(13)3/h8-11H,4-7H2,1-3H3,(H,17,20,21). The Hall–Kier alpha value is -1.85. The van der Waals surface area contributed by atoms with Crippen LogP contribution in [0, 0.1) is 11.8 Å². The number of fused-ring (bicyclic) bond motifs is 1. The zero-order chi connectivity index (χ0) is 15.1. The van der Waals surface area contributed by atoms with Gasteiger partial charge in [-0.15, -0.1) is 0 Å². The molecule has 1 aliphatic rings. The summed E-state index contributed by atoms with van der Waals surface area (Å²) in [5.74, 6) is 1.37. The first-order valence-corrected chi connectivity index (χ1v) is 7.65. The van der Waals surface area contributed by atoms with Gasteiger partial charge in [-0.1, -0.05) is 19.8 Å². The van der Waals surface area contributed by atoms with Gasteiger partial charge in [-0.25, -0.2) is 9.78 Å². The number of hydrogen-bond donors (Lipinski definition) is 1. The molecule has 0 saturated heterocycles. The van der Waals surface area contributed by atoms with Crippen LogP contribution in [0.4, 0.5) is 0 Å². The summed E-state index contributed by atoms with van der Waals surface area (Å²) in [6.07, 6.45) is 6.56. The number of aryl methyl sites for hydroxylation is 1. The van der Waals surface area contributed by atoms with E-state index < -0.39 is 5.69 Å². The highest BCUT2D eigenvalue weighted by molar-refractivity contribution is 5.69. The highest BCUT2D eigenvalue weighted by atomic mass is 16.2. The average molecular weight is 290 g/mol. The third-order valence-electron chi connectivity index (χ3n) is 5.01. The maximum absolute atomic E-state index is 12.1. The zero-order valence-corrected chi connectivity index (χ0v) is 12.8. The lowest BCUT2D eigenvalue weighted by Gasteiger charge is -2.31. The zero-order valence-electron chi connectivity index (χ0n) is 12.8. The Morgan fingerprint density at radius 3 is 2.62 bits per heavy atom. The number of imidazole rings is 1. The number of hydrogen-bond acceptors (Lipinski definition) is 3. The van der Waals surface area contributed by atoms with Crippen LogP contribution in [-0.2, 0) is 7.05 Å². The largest absolute Gasteiger partial charge is 0.329 e. The van der Waals surface area contributed by atoms with Gasteiger partial charge in [0.25, 0.3) is 5.56 Å². The van der Waals surface area contributed by atoms with Gasteiger partial charge in [0.15, 0.2) is 11.2 Å². The average Bonchev–Trinajstić information content (AvgIpc) is 2.90. The van der Waals surface area contributed by atoms with Crippen LogP contribution in [0.2, 0.25) is 0 Å². The minimum atomic E-state index is -0.420. The van der Waals surface area contributed by atoms with Gasteiger partial charge in [-0.2, -0.15) is 0 Å². The summed E-state index contributed by atoms with van der Waals surface area (Å²) in [4.78, 5) is 30.4. The van der Waals surface area contributed by atoms with Crippen LogP contribution in [0.3, 0.4) is 0 Å². The summed E-state index contributed by atoms with van der Waals surface area (Å²) in [7, 11) is 1.63.